The van der Waals surface area contributed by atoms with Gasteiger partial charge in [-0.2, -0.15) is 0 Å². The maximum Gasteiger partial charge on any atom is 0.133 e. The molecule has 1 aromatic rings. The Balaban J connectivity index is 3.16. The lowest BCUT2D eigenvalue weighted by Gasteiger charge is -2.06. The highest BCUT2D eigenvalue weighted by molar-refractivity contribution is 14.1. The van der Waals surface area contributed by atoms with Crippen LogP contribution in [-0.2, 0) is 6.54 Å². The Hall–Kier alpha value is -0.000000000000000111. The fourth-order valence-electron chi connectivity index (χ4n) is 0.883. The van der Waals surface area contributed by atoms with Crippen LogP contribution in [-0.4, -0.2) is 7.11 Å². The van der Waals surface area contributed by atoms with Crippen molar-refractivity contribution in [2.24, 2.45) is 5.73 Å². The summed E-state index contributed by atoms with van der Waals surface area (Å²) >= 11 is 8.10. The summed E-state index contributed by atoms with van der Waals surface area (Å²) in [6.07, 6.45) is 0. The molecule has 0 aliphatic heterocycles. The topological polar surface area (TPSA) is 35.2 Å². The van der Waals surface area contributed by atoms with Gasteiger partial charge >= 0.3 is 0 Å². The van der Waals surface area contributed by atoms with Crippen molar-refractivity contribution in [2.45, 2.75) is 6.54 Å². The Morgan fingerprint density at radius 2 is 2.25 bits per heavy atom. The van der Waals surface area contributed by atoms with E-state index in [4.69, 9.17) is 22.1 Å². The van der Waals surface area contributed by atoms with Gasteiger partial charge in [-0.15, -0.1) is 0 Å². The molecule has 0 aromatic heterocycles. The smallest absolute Gasteiger partial charge is 0.133 e. The van der Waals surface area contributed by atoms with E-state index >= 15 is 0 Å². The molecule has 66 valence electrons. The fourth-order valence-corrected chi connectivity index (χ4v) is 1.87. The number of ether oxygens (including phenoxy) is 1. The Kier molecular flexibility index (Phi) is 3.61. The van der Waals surface area contributed by atoms with E-state index in [2.05, 4.69) is 22.6 Å². The average Bonchev–Trinajstić information content (AvgIpc) is 2.08. The molecule has 12 heavy (non-hydrogen) atoms. The third kappa shape index (κ3) is 2.02. The largest absolute Gasteiger partial charge is 0.496 e. The second kappa shape index (κ2) is 4.30. The van der Waals surface area contributed by atoms with Crippen molar-refractivity contribution in [2.75, 3.05) is 7.11 Å². The Labute approximate surface area is 90.2 Å². The standard InChI is InChI=1S/C8H9ClINO/c1-12-8-3-6(9)5(4-11)2-7(8)10/h2-3H,4,11H2,1H3. The van der Waals surface area contributed by atoms with Gasteiger partial charge < -0.3 is 10.5 Å². The number of nitrogens with two attached hydrogens (primary N) is 1. The highest BCUT2D eigenvalue weighted by Crippen LogP contribution is 2.27. The van der Waals surface area contributed by atoms with E-state index in [1.807, 2.05) is 6.07 Å². The van der Waals surface area contributed by atoms with Gasteiger partial charge in [-0.1, -0.05) is 11.6 Å². The lowest BCUT2D eigenvalue weighted by Crippen LogP contribution is -1.98. The molecule has 4 heteroatoms. The van der Waals surface area contributed by atoms with E-state index in [0.717, 1.165) is 14.9 Å². The van der Waals surface area contributed by atoms with E-state index < -0.39 is 0 Å². The van der Waals surface area contributed by atoms with Crippen LogP contribution < -0.4 is 10.5 Å². The minimum Gasteiger partial charge on any atom is -0.496 e. The van der Waals surface area contributed by atoms with E-state index in [9.17, 15) is 0 Å². The van der Waals surface area contributed by atoms with Crippen molar-refractivity contribution >= 4 is 34.2 Å². The predicted molar refractivity (Wildman–Crippen MR) is 58.6 cm³/mol. The molecule has 0 aliphatic rings. The first kappa shape index (κ1) is 10.1. The number of benzene rings is 1. The second-order valence-electron chi connectivity index (χ2n) is 2.28. The molecule has 0 heterocycles. The minimum absolute atomic E-state index is 0.457. The molecule has 0 bridgehead atoms. The summed E-state index contributed by atoms with van der Waals surface area (Å²) < 4.78 is 6.12. The molecule has 0 aliphatic carbocycles. The lowest BCUT2D eigenvalue weighted by molar-refractivity contribution is 0.411. The Bertz CT molecular complexity index is 261. The first-order valence-electron chi connectivity index (χ1n) is 3.41. The summed E-state index contributed by atoms with van der Waals surface area (Å²) in [6.45, 7) is 0.457. The summed E-state index contributed by atoms with van der Waals surface area (Å²) in [6, 6.07) is 3.72. The third-order valence-electron chi connectivity index (χ3n) is 1.54. The molecule has 2 N–H and O–H groups in total. The van der Waals surface area contributed by atoms with E-state index in [0.29, 0.717) is 11.6 Å². The van der Waals surface area contributed by atoms with Gasteiger partial charge in [0.25, 0.3) is 0 Å². The number of hydrogen-bond acceptors (Lipinski definition) is 2. The summed E-state index contributed by atoms with van der Waals surface area (Å²) in [5, 5.41) is 0.662. The van der Waals surface area contributed by atoms with Crippen LogP contribution in [0.25, 0.3) is 0 Å². The molecule has 0 radical (unpaired) electrons. The molecule has 0 saturated carbocycles. The average molecular weight is 298 g/mol. The number of methoxy groups -OCH3 is 1. The number of hydrogen-bond donors (Lipinski definition) is 1. The van der Waals surface area contributed by atoms with Crippen molar-refractivity contribution in [1.82, 2.24) is 0 Å². The van der Waals surface area contributed by atoms with Crippen LogP contribution in [0.5, 0.6) is 5.75 Å². The zero-order chi connectivity index (χ0) is 9.14. The van der Waals surface area contributed by atoms with Crippen LogP contribution in [0.4, 0.5) is 0 Å². The lowest BCUT2D eigenvalue weighted by atomic mass is 10.2. The fraction of sp³-hybridized carbons (Fsp3) is 0.250. The minimum atomic E-state index is 0.457. The maximum absolute atomic E-state index is 5.92. The Morgan fingerprint density at radius 3 is 2.75 bits per heavy atom. The predicted octanol–water partition coefficient (Wildman–Crippen LogP) is 2.41. The van der Waals surface area contributed by atoms with E-state index in [-0.39, 0.29) is 0 Å². The van der Waals surface area contributed by atoms with E-state index in [1.165, 1.54) is 0 Å². The first-order valence-corrected chi connectivity index (χ1v) is 4.86. The zero-order valence-corrected chi connectivity index (χ0v) is 9.52. The highest BCUT2D eigenvalue weighted by Gasteiger charge is 2.05. The molecule has 0 saturated heterocycles. The van der Waals surface area contributed by atoms with Crippen LogP contribution in [0.3, 0.4) is 0 Å². The molecule has 1 aromatic carbocycles. The van der Waals surface area contributed by atoms with Crippen molar-refractivity contribution in [3.05, 3.63) is 26.3 Å². The van der Waals surface area contributed by atoms with Gasteiger partial charge in [0.2, 0.25) is 0 Å². The number of rotatable bonds is 2. The van der Waals surface area contributed by atoms with Crippen LogP contribution in [0.2, 0.25) is 5.02 Å². The first-order chi connectivity index (χ1) is 5.69. The summed E-state index contributed by atoms with van der Waals surface area (Å²) in [5.74, 6) is 0.790. The van der Waals surface area contributed by atoms with E-state index in [1.54, 1.807) is 13.2 Å². The van der Waals surface area contributed by atoms with Crippen LogP contribution in [0.15, 0.2) is 12.1 Å². The molecular formula is C8H9ClINO. The molecule has 0 fully saturated rings. The van der Waals surface area contributed by atoms with Crippen molar-refractivity contribution in [3.8, 4) is 5.75 Å². The maximum atomic E-state index is 5.92. The molecule has 1 rings (SSSR count). The second-order valence-corrected chi connectivity index (χ2v) is 3.85. The van der Waals surface area contributed by atoms with Crippen molar-refractivity contribution in [1.29, 1.82) is 0 Å². The van der Waals surface area contributed by atoms with Crippen LogP contribution in [0, 0.1) is 3.57 Å². The van der Waals surface area contributed by atoms with Gasteiger partial charge in [0.05, 0.1) is 10.7 Å². The normalized spacial score (nSPS) is 10.0. The molecule has 0 spiro atoms. The Morgan fingerprint density at radius 1 is 1.58 bits per heavy atom. The monoisotopic (exact) mass is 297 g/mol. The quantitative estimate of drug-likeness (QED) is 0.851. The molecular weight excluding hydrogens is 288 g/mol. The zero-order valence-electron chi connectivity index (χ0n) is 6.60. The van der Waals surface area contributed by atoms with Crippen molar-refractivity contribution in [3.63, 3.8) is 0 Å². The third-order valence-corrected chi connectivity index (χ3v) is 2.74. The van der Waals surface area contributed by atoms with Gasteiger partial charge in [-0.25, -0.2) is 0 Å². The molecule has 2 nitrogen and oxygen atoms in total. The summed E-state index contributed by atoms with van der Waals surface area (Å²) in [7, 11) is 1.62. The van der Waals surface area contributed by atoms with Crippen LogP contribution in [0.1, 0.15) is 5.56 Å². The molecule has 0 atom stereocenters. The van der Waals surface area contributed by atoms with Crippen LogP contribution >= 0.6 is 34.2 Å². The molecule has 0 amide bonds. The molecule has 0 unspecified atom stereocenters. The summed E-state index contributed by atoms with van der Waals surface area (Å²) in [4.78, 5) is 0. The van der Waals surface area contributed by atoms with Gasteiger partial charge in [0, 0.05) is 17.6 Å². The number of halogens is 2. The SMILES string of the molecule is COc1cc(Cl)c(CN)cc1I. The van der Waals surface area contributed by atoms with Crippen molar-refractivity contribution < 1.29 is 4.74 Å². The van der Waals surface area contributed by atoms with Gasteiger partial charge in [-0.3, -0.25) is 0 Å². The van der Waals surface area contributed by atoms with Gasteiger partial charge in [0.15, 0.2) is 0 Å². The summed E-state index contributed by atoms with van der Waals surface area (Å²) in [5.41, 5.74) is 6.43. The van der Waals surface area contributed by atoms with Gasteiger partial charge in [-0.05, 0) is 34.2 Å². The highest BCUT2D eigenvalue weighted by atomic mass is 127. The van der Waals surface area contributed by atoms with Gasteiger partial charge in [0.1, 0.15) is 5.75 Å².